The molecule has 0 aliphatic heterocycles. The topological polar surface area (TPSA) is 14.2 Å². The highest BCUT2D eigenvalue weighted by molar-refractivity contribution is 5.81. The SMILES string of the molecule is COc1ccc(Cn2c(C)cc3ccccc32)cc1F. The summed E-state index contributed by atoms with van der Waals surface area (Å²) >= 11 is 0. The zero-order valence-corrected chi connectivity index (χ0v) is 11.6. The summed E-state index contributed by atoms with van der Waals surface area (Å²) in [5.41, 5.74) is 3.26. The maximum atomic E-state index is 13.8. The Hall–Kier alpha value is -2.29. The third-order valence-corrected chi connectivity index (χ3v) is 3.57. The smallest absolute Gasteiger partial charge is 0.165 e. The van der Waals surface area contributed by atoms with Gasteiger partial charge in [0.25, 0.3) is 0 Å². The van der Waals surface area contributed by atoms with Crippen LogP contribution in [0.3, 0.4) is 0 Å². The first kappa shape index (κ1) is 12.7. The molecular formula is C17H16FNO. The number of benzene rings is 2. The second kappa shape index (κ2) is 5.00. The Morgan fingerprint density at radius 2 is 1.90 bits per heavy atom. The fourth-order valence-corrected chi connectivity index (χ4v) is 2.55. The molecule has 1 aromatic heterocycles. The van der Waals surface area contributed by atoms with Crippen molar-refractivity contribution in [3.63, 3.8) is 0 Å². The van der Waals surface area contributed by atoms with Gasteiger partial charge in [0, 0.05) is 17.8 Å². The maximum Gasteiger partial charge on any atom is 0.165 e. The summed E-state index contributed by atoms with van der Waals surface area (Å²) in [6.07, 6.45) is 0. The van der Waals surface area contributed by atoms with Crippen LogP contribution in [0, 0.1) is 12.7 Å². The highest BCUT2D eigenvalue weighted by Crippen LogP contribution is 2.23. The van der Waals surface area contributed by atoms with Crippen LogP contribution in [-0.2, 0) is 6.54 Å². The Morgan fingerprint density at radius 1 is 1.10 bits per heavy atom. The molecule has 0 radical (unpaired) electrons. The zero-order valence-electron chi connectivity index (χ0n) is 11.6. The molecule has 0 spiro atoms. The summed E-state index contributed by atoms with van der Waals surface area (Å²) in [5.74, 6) is -0.0399. The van der Waals surface area contributed by atoms with Crippen LogP contribution in [0.1, 0.15) is 11.3 Å². The molecule has 0 aliphatic carbocycles. The Balaban J connectivity index is 2.01. The van der Waals surface area contributed by atoms with Crippen molar-refractivity contribution in [1.29, 1.82) is 0 Å². The second-order valence-electron chi connectivity index (χ2n) is 4.90. The van der Waals surface area contributed by atoms with E-state index >= 15 is 0 Å². The summed E-state index contributed by atoms with van der Waals surface area (Å²) in [7, 11) is 1.47. The van der Waals surface area contributed by atoms with Crippen molar-refractivity contribution >= 4 is 10.9 Å². The number of nitrogens with zero attached hydrogens (tertiary/aromatic N) is 1. The van der Waals surface area contributed by atoms with Gasteiger partial charge in [-0.2, -0.15) is 0 Å². The van der Waals surface area contributed by atoms with Crippen LogP contribution >= 0.6 is 0 Å². The molecular weight excluding hydrogens is 253 g/mol. The number of methoxy groups -OCH3 is 1. The van der Waals surface area contributed by atoms with E-state index in [-0.39, 0.29) is 11.6 Å². The van der Waals surface area contributed by atoms with Crippen molar-refractivity contribution < 1.29 is 9.13 Å². The van der Waals surface area contributed by atoms with Gasteiger partial charge in [-0.15, -0.1) is 0 Å². The number of aryl methyl sites for hydroxylation is 1. The molecule has 0 bridgehead atoms. The molecule has 3 aromatic rings. The van der Waals surface area contributed by atoms with Gasteiger partial charge in [-0.1, -0.05) is 24.3 Å². The first-order valence-electron chi connectivity index (χ1n) is 6.56. The van der Waals surface area contributed by atoms with E-state index in [1.807, 2.05) is 18.2 Å². The Morgan fingerprint density at radius 3 is 2.65 bits per heavy atom. The van der Waals surface area contributed by atoms with Crippen LogP contribution in [0.4, 0.5) is 4.39 Å². The lowest BCUT2D eigenvalue weighted by Crippen LogP contribution is -2.02. The van der Waals surface area contributed by atoms with Gasteiger partial charge < -0.3 is 9.30 Å². The van der Waals surface area contributed by atoms with Crippen molar-refractivity contribution in [3.8, 4) is 5.75 Å². The van der Waals surface area contributed by atoms with Crippen molar-refractivity contribution in [2.45, 2.75) is 13.5 Å². The molecule has 0 saturated carbocycles. The van der Waals surface area contributed by atoms with Crippen LogP contribution in [0.5, 0.6) is 5.75 Å². The largest absolute Gasteiger partial charge is 0.494 e. The number of hydrogen-bond donors (Lipinski definition) is 0. The number of hydrogen-bond acceptors (Lipinski definition) is 1. The Labute approximate surface area is 117 Å². The average Bonchev–Trinajstić information content (AvgIpc) is 2.76. The molecule has 0 saturated heterocycles. The summed E-state index contributed by atoms with van der Waals surface area (Å²) < 4.78 is 20.9. The van der Waals surface area contributed by atoms with Crippen LogP contribution in [0.15, 0.2) is 48.5 Å². The molecule has 102 valence electrons. The van der Waals surface area contributed by atoms with E-state index in [2.05, 4.69) is 29.7 Å². The fourth-order valence-electron chi connectivity index (χ4n) is 2.55. The first-order chi connectivity index (χ1) is 9.69. The van der Waals surface area contributed by atoms with Crippen molar-refractivity contribution in [1.82, 2.24) is 4.57 Å². The lowest BCUT2D eigenvalue weighted by Gasteiger charge is -2.10. The standard InChI is InChI=1S/C17H16FNO/c1-12-9-14-5-3-4-6-16(14)19(12)11-13-7-8-17(20-2)15(18)10-13/h3-10H,11H2,1-2H3. The van der Waals surface area contributed by atoms with Crippen molar-refractivity contribution in [3.05, 3.63) is 65.6 Å². The predicted octanol–water partition coefficient (Wildman–Crippen LogP) is 4.15. The molecule has 2 nitrogen and oxygen atoms in total. The average molecular weight is 269 g/mol. The van der Waals surface area contributed by atoms with E-state index in [9.17, 15) is 4.39 Å². The van der Waals surface area contributed by atoms with Crippen LogP contribution in [0.2, 0.25) is 0 Å². The summed E-state index contributed by atoms with van der Waals surface area (Å²) in [4.78, 5) is 0. The summed E-state index contributed by atoms with van der Waals surface area (Å²) in [6.45, 7) is 2.72. The maximum absolute atomic E-state index is 13.8. The Bertz CT molecular complexity index is 761. The molecule has 0 atom stereocenters. The van der Waals surface area contributed by atoms with E-state index < -0.39 is 0 Å². The highest BCUT2D eigenvalue weighted by Gasteiger charge is 2.08. The first-order valence-corrected chi connectivity index (χ1v) is 6.56. The number of aromatic nitrogens is 1. The van der Waals surface area contributed by atoms with Crippen molar-refractivity contribution in [2.24, 2.45) is 0 Å². The van der Waals surface area contributed by atoms with Gasteiger partial charge in [0.1, 0.15) is 0 Å². The van der Waals surface area contributed by atoms with Gasteiger partial charge in [0.05, 0.1) is 7.11 Å². The lowest BCUT2D eigenvalue weighted by molar-refractivity contribution is 0.386. The van der Waals surface area contributed by atoms with E-state index in [0.29, 0.717) is 6.54 Å². The fraction of sp³-hybridized carbons (Fsp3) is 0.176. The second-order valence-corrected chi connectivity index (χ2v) is 4.90. The quantitative estimate of drug-likeness (QED) is 0.697. The van der Waals surface area contributed by atoms with E-state index in [4.69, 9.17) is 4.74 Å². The molecule has 0 fully saturated rings. The normalized spacial score (nSPS) is 10.9. The molecule has 1 heterocycles. The minimum absolute atomic E-state index is 0.280. The van der Waals surface area contributed by atoms with Gasteiger partial charge >= 0.3 is 0 Å². The van der Waals surface area contributed by atoms with Gasteiger partial charge in [-0.25, -0.2) is 4.39 Å². The molecule has 20 heavy (non-hydrogen) atoms. The Kier molecular flexibility index (Phi) is 3.18. The number of halogens is 1. The third-order valence-electron chi connectivity index (χ3n) is 3.57. The molecule has 3 rings (SSSR count). The van der Waals surface area contributed by atoms with Gasteiger partial charge in [-0.3, -0.25) is 0 Å². The van der Waals surface area contributed by atoms with Crippen molar-refractivity contribution in [2.75, 3.05) is 7.11 Å². The van der Waals surface area contributed by atoms with E-state index in [0.717, 1.165) is 5.56 Å². The molecule has 2 aromatic carbocycles. The molecule has 0 unspecified atom stereocenters. The molecule has 0 aliphatic rings. The number of ether oxygens (including phenoxy) is 1. The number of rotatable bonds is 3. The highest BCUT2D eigenvalue weighted by atomic mass is 19.1. The van der Waals surface area contributed by atoms with Gasteiger partial charge in [0.2, 0.25) is 0 Å². The molecule has 3 heteroatoms. The minimum Gasteiger partial charge on any atom is -0.494 e. The van der Waals surface area contributed by atoms with E-state index in [1.54, 1.807) is 6.07 Å². The third kappa shape index (κ3) is 2.16. The van der Waals surface area contributed by atoms with Crippen LogP contribution < -0.4 is 4.74 Å². The van der Waals surface area contributed by atoms with Gasteiger partial charge in [0.15, 0.2) is 11.6 Å². The minimum atomic E-state index is -0.320. The summed E-state index contributed by atoms with van der Waals surface area (Å²) in [5, 5.41) is 1.21. The zero-order chi connectivity index (χ0) is 14.1. The molecule has 0 N–H and O–H groups in total. The monoisotopic (exact) mass is 269 g/mol. The number of fused-ring (bicyclic) bond motifs is 1. The molecule has 0 amide bonds. The van der Waals surface area contributed by atoms with Gasteiger partial charge in [-0.05, 0) is 42.1 Å². The summed E-state index contributed by atoms with van der Waals surface area (Å²) in [6, 6.07) is 15.5. The van der Waals surface area contributed by atoms with E-state index in [1.165, 1.54) is 29.8 Å². The van der Waals surface area contributed by atoms with Crippen LogP contribution in [0.25, 0.3) is 10.9 Å². The van der Waals surface area contributed by atoms with Crippen LogP contribution in [-0.4, -0.2) is 11.7 Å². The predicted molar refractivity (Wildman–Crippen MR) is 78.7 cm³/mol. The lowest BCUT2D eigenvalue weighted by atomic mass is 10.2. The number of para-hydroxylation sites is 1.